The van der Waals surface area contributed by atoms with Crippen LogP contribution in [0.4, 0.5) is 0 Å². The lowest BCUT2D eigenvalue weighted by Crippen LogP contribution is -2.24. The summed E-state index contributed by atoms with van der Waals surface area (Å²) in [5, 5.41) is 3.50. The van der Waals surface area contributed by atoms with Gasteiger partial charge in [0.1, 0.15) is 5.75 Å². The van der Waals surface area contributed by atoms with Gasteiger partial charge in [0.25, 0.3) is 0 Å². The second kappa shape index (κ2) is 8.44. The van der Waals surface area contributed by atoms with Crippen LogP contribution in [0, 0.1) is 0 Å². The summed E-state index contributed by atoms with van der Waals surface area (Å²) in [4.78, 5) is 11.8. The fourth-order valence-corrected chi connectivity index (χ4v) is 2.21. The molecule has 0 bridgehead atoms. The maximum atomic E-state index is 11.8. The van der Waals surface area contributed by atoms with E-state index < -0.39 is 0 Å². The Morgan fingerprint density at radius 1 is 1.14 bits per heavy atom. The van der Waals surface area contributed by atoms with Crippen molar-refractivity contribution < 1.29 is 9.53 Å². The van der Waals surface area contributed by atoms with E-state index in [4.69, 9.17) is 16.3 Å². The average Bonchev–Trinajstić information content (AvgIpc) is 2.55. The monoisotopic (exact) mass is 317 g/mol. The molecule has 0 unspecified atom stereocenters. The van der Waals surface area contributed by atoms with Crippen molar-refractivity contribution in [1.82, 2.24) is 5.32 Å². The van der Waals surface area contributed by atoms with Crippen LogP contribution in [0.15, 0.2) is 48.5 Å². The summed E-state index contributed by atoms with van der Waals surface area (Å²) in [5.41, 5.74) is 2.18. The Morgan fingerprint density at radius 2 is 1.86 bits per heavy atom. The molecule has 1 amide bonds. The largest absolute Gasteiger partial charge is 0.493 e. The van der Waals surface area contributed by atoms with E-state index in [1.54, 1.807) is 0 Å². The number of ether oxygens (including phenoxy) is 1. The highest BCUT2D eigenvalue weighted by Gasteiger charge is 2.04. The summed E-state index contributed by atoms with van der Waals surface area (Å²) in [7, 11) is 0. The zero-order valence-corrected chi connectivity index (χ0v) is 13.4. The third-order valence-electron chi connectivity index (χ3n) is 3.36. The third kappa shape index (κ3) is 5.08. The van der Waals surface area contributed by atoms with Crippen molar-refractivity contribution in [3.8, 4) is 5.75 Å². The van der Waals surface area contributed by atoms with Gasteiger partial charge in [-0.2, -0.15) is 0 Å². The van der Waals surface area contributed by atoms with E-state index >= 15 is 0 Å². The number of benzene rings is 2. The number of halogens is 1. The van der Waals surface area contributed by atoms with Gasteiger partial charge in [-0.3, -0.25) is 4.79 Å². The highest BCUT2D eigenvalue weighted by atomic mass is 35.5. The minimum atomic E-state index is -0.0508. The highest BCUT2D eigenvalue weighted by Crippen LogP contribution is 2.14. The molecule has 0 fully saturated rings. The molecule has 0 saturated carbocycles. The van der Waals surface area contributed by atoms with Crippen LogP contribution in [0.2, 0.25) is 5.02 Å². The van der Waals surface area contributed by atoms with E-state index in [2.05, 4.69) is 12.2 Å². The van der Waals surface area contributed by atoms with Crippen molar-refractivity contribution in [2.45, 2.75) is 26.3 Å². The molecule has 22 heavy (non-hydrogen) atoms. The predicted octanol–water partition coefficient (Wildman–Crippen LogP) is 3.99. The number of rotatable bonds is 7. The number of nitrogens with one attached hydrogen (secondary N) is 1. The average molecular weight is 318 g/mol. The fraction of sp³-hybridized carbons (Fsp3) is 0.278. The molecule has 2 rings (SSSR count). The van der Waals surface area contributed by atoms with Crippen molar-refractivity contribution in [3.05, 3.63) is 64.7 Å². The van der Waals surface area contributed by atoms with Gasteiger partial charge in [-0.05, 0) is 35.7 Å². The summed E-state index contributed by atoms with van der Waals surface area (Å²) < 4.78 is 5.57. The van der Waals surface area contributed by atoms with Crippen LogP contribution in [-0.4, -0.2) is 12.5 Å². The molecule has 0 aliphatic rings. The maximum Gasteiger partial charge on any atom is 0.223 e. The second-order valence-electron chi connectivity index (χ2n) is 4.96. The molecule has 0 spiro atoms. The van der Waals surface area contributed by atoms with Gasteiger partial charge >= 0.3 is 0 Å². The Hall–Kier alpha value is -2.00. The van der Waals surface area contributed by atoms with Gasteiger partial charge in [-0.15, -0.1) is 0 Å². The molecule has 116 valence electrons. The van der Waals surface area contributed by atoms with E-state index in [9.17, 15) is 4.79 Å². The molecule has 0 heterocycles. The van der Waals surface area contributed by atoms with Gasteiger partial charge in [-0.25, -0.2) is 0 Å². The van der Waals surface area contributed by atoms with E-state index in [0.29, 0.717) is 24.6 Å². The predicted molar refractivity (Wildman–Crippen MR) is 89.2 cm³/mol. The van der Waals surface area contributed by atoms with Crippen molar-refractivity contribution in [3.63, 3.8) is 0 Å². The molecule has 0 radical (unpaired) electrons. The Kier molecular flexibility index (Phi) is 6.28. The normalized spacial score (nSPS) is 10.3. The molecular weight excluding hydrogens is 298 g/mol. The molecule has 0 aromatic heterocycles. The standard InChI is InChI=1S/C18H20ClNO2/c1-2-14-7-9-16(10-8-14)22-12-11-18(21)20-13-15-5-3-4-6-17(15)19/h3-10H,2,11-13H2,1H3,(H,20,21). The molecule has 0 saturated heterocycles. The summed E-state index contributed by atoms with van der Waals surface area (Å²) in [5.74, 6) is 0.737. The first-order chi connectivity index (χ1) is 10.7. The minimum Gasteiger partial charge on any atom is -0.493 e. The van der Waals surface area contributed by atoms with Gasteiger partial charge in [0.15, 0.2) is 0 Å². The molecule has 1 N–H and O–H groups in total. The second-order valence-corrected chi connectivity index (χ2v) is 5.37. The van der Waals surface area contributed by atoms with Gasteiger partial charge in [0.2, 0.25) is 5.91 Å². The zero-order chi connectivity index (χ0) is 15.8. The van der Waals surface area contributed by atoms with Crippen LogP contribution >= 0.6 is 11.6 Å². The van der Waals surface area contributed by atoms with Crippen LogP contribution in [0.5, 0.6) is 5.75 Å². The van der Waals surface area contributed by atoms with Gasteiger partial charge in [0, 0.05) is 11.6 Å². The van der Waals surface area contributed by atoms with Crippen LogP contribution in [0.1, 0.15) is 24.5 Å². The number of hydrogen-bond acceptors (Lipinski definition) is 2. The van der Waals surface area contributed by atoms with Crippen molar-refractivity contribution in [1.29, 1.82) is 0 Å². The van der Waals surface area contributed by atoms with Crippen LogP contribution < -0.4 is 10.1 Å². The van der Waals surface area contributed by atoms with Crippen LogP contribution in [0.25, 0.3) is 0 Å². The van der Waals surface area contributed by atoms with Crippen molar-refractivity contribution in [2.24, 2.45) is 0 Å². The first-order valence-electron chi connectivity index (χ1n) is 7.41. The fourth-order valence-electron chi connectivity index (χ4n) is 2.01. The minimum absolute atomic E-state index is 0.0508. The lowest BCUT2D eigenvalue weighted by atomic mass is 10.2. The molecule has 0 atom stereocenters. The molecule has 4 heteroatoms. The number of hydrogen-bond donors (Lipinski definition) is 1. The number of carbonyl (C=O) groups excluding carboxylic acids is 1. The summed E-state index contributed by atoms with van der Waals surface area (Å²) in [6.07, 6.45) is 1.32. The molecule has 2 aromatic carbocycles. The van der Waals surface area contributed by atoms with Gasteiger partial charge < -0.3 is 10.1 Å². The van der Waals surface area contributed by atoms with Crippen molar-refractivity contribution >= 4 is 17.5 Å². The Morgan fingerprint density at radius 3 is 2.55 bits per heavy atom. The summed E-state index contributed by atoms with van der Waals surface area (Å²) in [6, 6.07) is 15.4. The van der Waals surface area contributed by atoms with Crippen LogP contribution in [-0.2, 0) is 17.8 Å². The lowest BCUT2D eigenvalue weighted by Gasteiger charge is -2.08. The van der Waals surface area contributed by atoms with Crippen LogP contribution in [0.3, 0.4) is 0 Å². The van der Waals surface area contributed by atoms with E-state index in [0.717, 1.165) is 17.7 Å². The van der Waals surface area contributed by atoms with Gasteiger partial charge in [0.05, 0.1) is 13.0 Å². The Bertz CT molecular complexity index is 611. The molecule has 2 aromatic rings. The lowest BCUT2D eigenvalue weighted by molar-refractivity contribution is -0.121. The first-order valence-corrected chi connectivity index (χ1v) is 7.78. The molecular formula is C18H20ClNO2. The molecule has 0 aliphatic carbocycles. The number of carbonyl (C=O) groups is 1. The quantitative estimate of drug-likeness (QED) is 0.838. The third-order valence-corrected chi connectivity index (χ3v) is 3.73. The summed E-state index contributed by atoms with van der Waals surface area (Å²) >= 11 is 6.04. The molecule has 0 aliphatic heterocycles. The Balaban J connectivity index is 1.70. The first kappa shape index (κ1) is 16.4. The van der Waals surface area contributed by atoms with E-state index in [1.165, 1.54) is 5.56 Å². The zero-order valence-electron chi connectivity index (χ0n) is 12.6. The number of aryl methyl sites for hydroxylation is 1. The number of amides is 1. The van der Waals surface area contributed by atoms with Crippen molar-refractivity contribution in [2.75, 3.05) is 6.61 Å². The maximum absolute atomic E-state index is 11.8. The Labute approximate surface area is 136 Å². The highest BCUT2D eigenvalue weighted by molar-refractivity contribution is 6.31. The van der Waals surface area contributed by atoms with Gasteiger partial charge in [-0.1, -0.05) is 48.9 Å². The van der Waals surface area contributed by atoms with E-state index in [1.807, 2.05) is 48.5 Å². The molecule has 3 nitrogen and oxygen atoms in total. The topological polar surface area (TPSA) is 38.3 Å². The SMILES string of the molecule is CCc1ccc(OCCC(=O)NCc2ccccc2Cl)cc1. The summed E-state index contributed by atoms with van der Waals surface area (Å²) in [6.45, 7) is 2.91. The van der Waals surface area contributed by atoms with E-state index in [-0.39, 0.29) is 5.91 Å². The smallest absolute Gasteiger partial charge is 0.223 e.